The molecule has 3 aromatic carbocycles. The van der Waals surface area contributed by atoms with Gasteiger partial charge in [-0.3, -0.25) is 9.63 Å². The molecule has 2 fully saturated rings. The predicted molar refractivity (Wildman–Crippen MR) is 185 cm³/mol. The summed E-state index contributed by atoms with van der Waals surface area (Å²) in [5.74, 6) is 0.0608. The third-order valence-corrected chi connectivity index (χ3v) is 9.90. The summed E-state index contributed by atoms with van der Waals surface area (Å²) in [6, 6.07) is 25.4. The highest BCUT2D eigenvalue weighted by atomic mass is 19.1. The Kier molecular flexibility index (Phi) is 8.14. The number of anilines is 1. The molecular weight excluding hydrogens is 637 g/mol. The van der Waals surface area contributed by atoms with Crippen LogP contribution >= 0.6 is 0 Å². The van der Waals surface area contributed by atoms with Gasteiger partial charge in [-0.05, 0) is 80.1 Å². The van der Waals surface area contributed by atoms with Gasteiger partial charge in [0.25, 0.3) is 5.91 Å². The number of aromatic nitrogens is 3. The number of amides is 1. The number of ether oxygens (including phenoxy) is 1. The van der Waals surface area contributed by atoms with Crippen molar-refractivity contribution in [1.29, 1.82) is 0 Å². The molecule has 0 unspecified atom stereocenters. The Labute approximate surface area is 288 Å². The summed E-state index contributed by atoms with van der Waals surface area (Å²) in [5.41, 5.74) is 11.9. The lowest BCUT2D eigenvalue weighted by molar-refractivity contribution is 0.0671. The van der Waals surface area contributed by atoms with Crippen LogP contribution in [-0.4, -0.2) is 57.0 Å². The number of nitrogens with two attached hydrogens (primary N) is 1. The number of para-hydroxylation sites is 1. The zero-order valence-corrected chi connectivity index (χ0v) is 27.5. The Bertz CT molecular complexity index is 2130. The van der Waals surface area contributed by atoms with Crippen molar-refractivity contribution in [2.24, 2.45) is 16.8 Å². The predicted octanol–water partition coefficient (Wildman–Crippen LogP) is 6.49. The van der Waals surface area contributed by atoms with Crippen LogP contribution in [0.2, 0.25) is 0 Å². The van der Waals surface area contributed by atoms with E-state index in [1.54, 1.807) is 47.0 Å². The molecular formula is C38H36FN7O4. The van der Waals surface area contributed by atoms with Crippen LogP contribution in [0.1, 0.15) is 65.5 Å². The first-order valence-electron chi connectivity index (χ1n) is 16.9. The van der Waals surface area contributed by atoms with E-state index >= 15 is 4.39 Å². The normalized spacial score (nSPS) is 19.0. The van der Waals surface area contributed by atoms with Crippen LogP contribution in [0.5, 0.6) is 5.75 Å². The largest absolute Gasteiger partial charge is 0.540 e. The van der Waals surface area contributed by atoms with Crippen molar-refractivity contribution in [3.63, 3.8) is 0 Å². The quantitative estimate of drug-likeness (QED) is 0.0519. The van der Waals surface area contributed by atoms with E-state index in [4.69, 9.17) is 25.4 Å². The van der Waals surface area contributed by atoms with Crippen LogP contribution < -0.4 is 15.4 Å². The fourth-order valence-corrected chi connectivity index (χ4v) is 7.02. The molecule has 5 aromatic rings. The Balaban J connectivity index is 0.980. The van der Waals surface area contributed by atoms with Crippen molar-refractivity contribution < 1.29 is 23.6 Å². The van der Waals surface area contributed by atoms with E-state index in [2.05, 4.69) is 24.2 Å². The molecule has 1 saturated carbocycles. The molecule has 11 nitrogen and oxygen atoms in total. The molecule has 3 aliphatic rings. The van der Waals surface area contributed by atoms with Gasteiger partial charge in [0, 0.05) is 54.5 Å². The molecule has 1 amide bonds. The fourth-order valence-electron chi connectivity index (χ4n) is 7.02. The first-order chi connectivity index (χ1) is 24.3. The van der Waals surface area contributed by atoms with Crippen molar-refractivity contribution in [3.05, 3.63) is 113 Å². The van der Waals surface area contributed by atoms with Crippen molar-refractivity contribution in [1.82, 2.24) is 19.5 Å². The van der Waals surface area contributed by atoms with E-state index in [0.29, 0.717) is 60.1 Å². The zero-order chi connectivity index (χ0) is 34.4. The van der Waals surface area contributed by atoms with E-state index in [1.807, 2.05) is 34.1 Å². The van der Waals surface area contributed by atoms with Gasteiger partial charge in [-0.1, -0.05) is 47.6 Å². The monoisotopic (exact) mass is 673 g/mol. The highest BCUT2D eigenvalue weighted by Gasteiger charge is 2.33. The Morgan fingerprint density at radius 3 is 2.56 bits per heavy atom. The van der Waals surface area contributed by atoms with E-state index in [9.17, 15) is 9.59 Å². The Morgan fingerprint density at radius 1 is 0.960 bits per heavy atom. The molecule has 2 N–H and O–H groups in total. The topological polar surface area (TPSA) is 128 Å². The summed E-state index contributed by atoms with van der Waals surface area (Å²) >= 11 is 0. The number of halogens is 1. The van der Waals surface area contributed by atoms with E-state index < -0.39 is 12.0 Å². The molecule has 0 spiro atoms. The third-order valence-electron chi connectivity index (χ3n) is 9.90. The van der Waals surface area contributed by atoms with Crippen molar-refractivity contribution in [3.8, 4) is 17.0 Å². The first kappa shape index (κ1) is 31.5. The standard InChI is InChI=1S/C38H36FN7O4/c1-23-29-10-6-5-7-24(29)16-18-45(23)37(47)33-20-34(25-11-12-25)46-35(41-33)21-32(42-46)30-14-13-27(19-31(30)39)44-17-15-26(22-44)36(40)43-50-38(48)49-28-8-3-2-4-9-28/h2-10,13-14,19-21,23,25-26H,11-12,15-18,22H2,1H3,(H2,40,43)/t23-,26+/m1/s1. The number of rotatable bonds is 7. The van der Waals surface area contributed by atoms with Gasteiger partial charge < -0.3 is 20.3 Å². The Morgan fingerprint density at radius 2 is 1.76 bits per heavy atom. The molecule has 2 aliphatic heterocycles. The maximum Gasteiger partial charge on any atom is 0.540 e. The van der Waals surface area contributed by atoms with Crippen molar-refractivity contribution >= 4 is 29.2 Å². The summed E-state index contributed by atoms with van der Waals surface area (Å²) < 4.78 is 22.6. The molecule has 2 atom stereocenters. The number of oxime groups is 1. The summed E-state index contributed by atoms with van der Waals surface area (Å²) in [6.45, 7) is 3.78. The van der Waals surface area contributed by atoms with Crippen LogP contribution in [-0.2, 0) is 11.3 Å². The minimum Gasteiger partial charge on any atom is -0.393 e. The lowest BCUT2D eigenvalue weighted by Gasteiger charge is -2.35. The van der Waals surface area contributed by atoms with Crippen LogP contribution in [0.25, 0.3) is 16.9 Å². The number of hydrogen-bond donors (Lipinski definition) is 1. The maximum absolute atomic E-state index is 15.8. The average Bonchev–Trinajstić information content (AvgIpc) is 3.69. The molecule has 0 radical (unpaired) electrons. The second-order valence-electron chi connectivity index (χ2n) is 13.1. The number of carbonyl (C=O) groups excluding carboxylic acids is 2. The molecule has 1 saturated heterocycles. The van der Waals surface area contributed by atoms with Gasteiger partial charge in [0.05, 0.1) is 11.7 Å². The summed E-state index contributed by atoms with van der Waals surface area (Å²) in [7, 11) is 0. The maximum atomic E-state index is 15.8. The average molecular weight is 674 g/mol. The molecule has 254 valence electrons. The number of benzene rings is 3. The Hall–Kier alpha value is -5.78. The van der Waals surface area contributed by atoms with E-state index in [0.717, 1.165) is 30.5 Å². The summed E-state index contributed by atoms with van der Waals surface area (Å²) in [4.78, 5) is 39.4. The highest BCUT2D eigenvalue weighted by molar-refractivity contribution is 5.93. The molecule has 50 heavy (non-hydrogen) atoms. The van der Waals surface area contributed by atoms with E-state index in [-0.39, 0.29) is 29.6 Å². The van der Waals surface area contributed by atoms with Crippen molar-refractivity contribution in [2.45, 2.75) is 44.6 Å². The van der Waals surface area contributed by atoms with Crippen molar-refractivity contribution in [2.75, 3.05) is 24.5 Å². The van der Waals surface area contributed by atoms with Crippen LogP contribution in [0.4, 0.5) is 14.9 Å². The lowest BCUT2D eigenvalue weighted by Crippen LogP contribution is -2.39. The zero-order valence-electron chi connectivity index (χ0n) is 27.5. The molecule has 4 heterocycles. The molecule has 2 aromatic heterocycles. The van der Waals surface area contributed by atoms with Gasteiger partial charge in [-0.2, -0.15) is 5.10 Å². The number of hydrogen-bond acceptors (Lipinski definition) is 8. The molecule has 1 aliphatic carbocycles. The van der Waals surface area contributed by atoms with Crippen LogP contribution in [0.15, 0.2) is 90.1 Å². The number of fused-ring (bicyclic) bond motifs is 2. The fraction of sp³-hybridized carbons (Fsp3) is 0.289. The number of amidine groups is 1. The van der Waals surface area contributed by atoms with Gasteiger partial charge in [0.2, 0.25) is 0 Å². The second-order valence-corrected chi connectivity index (χ2v) is 13.1. The molecule has 0 bridgehead atoms. The third kappa shape index (κ3) is 6.13. The number of carbonyl (C=O) groups is 2. The summed E-state index contributed by atoms with van der Waals surface area (Å²) in [6.07, 6.45) is 2.49. The SMILES string of the molecule is C[C@@H]1c2ccccc2CCN1C(=O)c1cc(C2CC2)n2nc(-c3ccc(N4CC[C@H](C(N)=NOC(=O)Oc5ccccc5)C4)cc3F)cc2n1. The summed E-state index contributed by atoms with van der Waals surface area (Å²) in [5, 5.41) is 8.56. The minimum atomic E-state index is -0.983. The lowest BCUT2D eigenvalue weighted by atomic mass is 9.93. The van der Waals surface area contributed by atoms with Gasteiger partial charge in [0.15, 0.2) is 5.65 Å². The number of nitrogens with zero attached hydrogens (tertiary/aromatic N) is 6. The van der Waals surface area contributed by atoms with E-state index in [1.165, 1.54) is 11.6 Å². The second kappa shape index (κ2) is 12.9. The highest BCUT2D eigenvalue weighted by Crippen LogP contribution is 2.41. The minimum absolute atomic E-state index is 0.0605. The van der Waals surface area contributed by atoms with Gasteiger partial charge in [0.1, 0.15) is 23.1 Å². The smallest absolute Gasteiger partial charge is 0.393 e. The van der Waals surface area contributed by atoms with Crippen LogP contribution in [0, 0.1) is 11.7 Å². The van der Waals surface area contributed by atoms with Gasteiger partial charge >= 0.3 is 6.16 Å². The molecule has 12 heteroatoms. The first-order valence-corrected chi connectivity index (χ1v) is 16.9. The molecule has 8 rings (SSSR count). The van der Waals surface area contributed by atoms with Gasteiger partial charge in [-0.15, -0.1) is 0 Å². The van der Waals surface area contributed by atoms with Crippen LogP contribution in [0.3, 0.4) is 0 Å². The van der Waals surface area contributed by atoms with Gasteiger partial charge in [-0.25, -0.2) is 18.7 Å².